The van der Waals surface area contributed by atoms with Gasteiger partial charge in [0, 0.05) is 44.0 Å². The maximum atomic E-state index is 14.5. The fraction of sp³-hybridized carbons (Fsp3) is 0.718. The minimum absolute atomic E-state index is 0.0653. The Hall–Kier alpha value is -5.60. The zero-order valence-electron chi connectivity index (χ0n) is 62.1. The Bertz CT molecular complexity index is 3880. The van der Waals surface area contributed by atoms with E-state index in [1.807, 2.05) is 4.90 Å². The second-order valence-electron chi connectivity index (χ2n) is 29.7. The van der Waals surface area contributed by atoms with Crippen molar-refractivity contribution in [2.45, 2.75) is 265 Å². The molecule has 118 heavy (non-hydrogen) atoms. The highest BCUT2D eigenvalue weighted by Gasteiger charge is 2.61. The molecule has 40 atom stereocenters. The molecule has 16 bridgehead atoms. The molecule has 30 saturated heterocycles. The summed E-state index contributed by atoms with van der Waals surface area (Å²) < 4.78 is 99.2. The standard InChI is InChI=1S/C71H98N4O43/c76-16-30-55-39(86)47(94)66(104-30)114-57-32(18-78)106-68(49(96)41(57)88)116-59-34(20-80)108-70(51(98)43(59)90)118-61-36(22-82)109-71(52(99)44(61)91)117-60-35(21-81)107-69(50(97)42(60)89)115-58-33(19-79)105-67(48(95)40(58)87)113-56-31(17-77)103-65(46(93)38(56)85)111-54-29(102-64(112-55)45(92)37(54)84)12-74-62(100)26-11-23-7-8-28(83)27(53(23)110-63(26)101)15-75(13-24-5-1-3-9-72-24)14-25-6-2-4-10-73-25/h1-11,29-52,54-61,64-71,76-99H,12-22H2,(H,74,100)/t29-,30-,31-,32-,33-,34-,35-,36-,37-,38-,39-,40-,41-,42-,43-,44-,45-,46-,47-,48-,49-,50-,51-,52-,54-,55-,56-,57-,58-,59-,60-,61-,64-,65-,66-,67-,68-,69-,70-,71-/m1/s1. The van der Waals surface area contributed by atoms with E-state index < -0.39 is 316 Å². The monoisotopic (exact) mass is 1690 g/mol. The summed E-state index contributed by atoms with van der Waals surface area (Å²) in [5.74, 6) is -1.52. The summed E-state index contributed by atoms with van der Waals surface area (Å²) in [7, 11) is 0. The van der Waals surface area contributed by atoms with Crippen molar-refractivity contribution in [1.82, 2.24) is 20.2 Å². The van der Waals surface area contributed by atoms with E-state index in [-0.39, 0.29) is 41.9 Å². The molecule has 47 nitrogen and oxygen atoms in total. The number of hydrogen-bond donors (Lipinski definition) is 25. The first-order chi connectivity index (χ1) is 56.5. The van der Waals surface area contributed by atoms with Crippen molar-refractivity contribution in [2.75, 3.05) is 52.8 Å². The summed E-state index contributed by atoms with van der Waals surface area (Å²) in [6, 6.07) is 14.3. The molecule has 3 aromatic heterocycles. The molecule has 1 amide bonds. The molecule has 34 rings (SSSR count). The topological polar surface area (TPSA) is 722 Å². The molecule has 0 unspecified atom stereocenters. The van der Waals surface area contributed by atoms with Crippen LogP contribution in [-0.4, -0.2) is 442 Å². The van der Waals surface area contributed by atoms with Crippen LogP contribution in [0.5, 0.6) is 5.75 Å². The molecule has 30 aliphatic heterocycles. The van der Waals surface area contributed by atoms with E-state index in [0.717, 1.165) is 6.07 Å². The van der Waals surface area contributed by atoms with E-state index in [0.29, 0.717) is 11.4 Å². The van der Waals surface area contributed by atoms with Crippen molar-refractivity contribution < 1.29 is 208 Å². The largest absolute Gasteiger partial charge is 0.507 e. The average Bonchev–Trinajstić information content (AvgIpc) is 0.778. The van der Waals surface area contributed by atoms with Gasteiger partial charge in [0.1, 0.15) is 212 Å². The fourth-order valence-corrected chi connectivity index (χ4v) is 15.6. The van der Waals surface area contributed by atoms with Crippen molar-refractivity contribution in [2.24, 2.45) is 0 Å². The molecular weight excluding hydrogens is 1600 g/mol. The highest BCUT2D eigenvalue weighted by Crippen LogP contribution is 2.41. The number of amides is 1. The van der Waals surface area contributed by atoms with E-state index in [1.54, 1.807) is 48.8 Å². The van der Waals surface area contributed by atoms with Crippen LogP contribution in [0.2, 0.25) is 0 Å². The summed E-state index contributed by atoms with van der Waals surface area (Å²) in [4.78, 5) is 39.3. The van der Waals surface area contributed by atoms with Gasteiger partial charge in [0.25, 0.3) is 5.91 Å². The quantitative estimate of drug-likeness (QED) is 0.0463. The molecule has 4 aromatic rings. The molecule has 0 spiro atoms. The highest BCUT2D eigenvalue weighted by atomic mass is 16.8. The number of phenols is 1. The molecule has 1 aromatic carbocycles. The van der Waals surface area contributed by atoms with Gasteiger partial charge in [-0.3, -0.25) is 19.7 Å². The summed E-state index contributed by atoms with van der Waals surface area (Å²) >= 11 is 0. The number of ether oxygens (including phenoxy) is 16. The van der Waals surface area contributed by atoms with E-state index >= 15 is 0 Å². The third-order valence-corrected chi connectivity index (χ3v) is 22.0. The van der Waals surface area contributed by atoms with E-state index in [9.17, 15) is 132 Å². The van der Waals surface area contributed by atoms with Crippen LogP contribution in [0.15, 0.2) is 76.2 Å². The van der Waals surface area contributed by atoms with Gasteiger partial charge in [-0.15, -0.1) is 0 Å². The number of carbonyl (C=O) groups excluding carboxylic acids is 1. The number of aliphatic hydroxyl groups is 23. The zero-order chi connectivity index (χ0) is 84.6. The fourth-order valence-electron chi connectivity index (χ4n) is 15.6. The minimum atomic E-state index is -2.42. The van der Waals surface area contributed by atoms with Gasteiger partial charge in [-0.25, -0.2) is 4.79 Å². The minimum Gasteiger partial charge on any atom is -0.507 e. The maximum Gasteiger partial charge on any atom is 0.349 e. The van der Waals surface area contributed by atoms with Gasteiger partial charge in [-0.1, -0.05) is 12.1 Å². The Kier molecular flexibility index (Phi) is 29.9. The van der Waals surface area contributed by atoms with Gasteiger partial charge in [-0.2, -0.15) is 0 Å². The Morgan fingerprint density at radius 2 is 0.602 bits per heavy atom. The second kappa shape index (κ2) is 39.1. The Morgan fingerprint density at radius 3 is 0.856 bits per heavy atom. The van der Waals surface area contributed by atoms with Crippen molar-refractivity contribution in [3.8, 4) is 5.75 Å². The first-order valence-corrected chi connectivity index (χ1v) is 37.8. The molecule has 25 N–H and O–H groups in total. The third-order valence-electron chi connectivity index (χ3n) is 22.0. The number of nitrogens with zero attached hydrogens (tertiary/aromatic N) is 3. The summed E-state index contributed by atoms with van der Waals surface area (Å²) in [6.45, 7) is -8.53. The van der Waals surface area contributed by atoms with Crippen LogP contribution in [0.3, 0.4) is 0 Å². The molecule has 47 heteroatoms. The maximum absolute atomic E-state index is 14.5. The highest BCUT2D eigenvalue weighted by molar-refractivity contribution is 5.97. The average molecular weight is 1700 g/mol. The molecule has 33 heterocycles. The molecule has 660 valence electrons. The summed E-state index contributed by atoms with van der Waals surface area (Å²) in [6.07, 6.45) is -82.5. The number of aromatic hydroxyl groups is 1. The SMILES string of the molecule is O=C(NC[C@H]1O[C@@H]2O[C@H]3[C@H](O)[C@@H](O)[C@@H](O[C@H]4[C@H](O)[C@@H](O)[C@@H](O[C@H]5[C@H](O)[C@@H](O)[C@@H](O[C@H]6[C@H](O)[C@@H](O)[C@@H](O[C@H]7[C@H](O)[C@@H](O)[C@@H](O[C@H]8[C@H](O)[C@@H](O)[C@@H](O[C@H]9[C@H](O)[C@@H](O)[C@@H](O[C@H]1[C@H](O)[C@H]2O)O[C@@H]9CO)O[C@@H]8CO)O[C@@H]7CO)O[C@@H]6CO)O[C@@H]5CO)O[C@@H]4CO)O[C@@H]3CO)c1cc2ccc(O)c(CN(Cc3ccccn3)Cc3ccccn3)c2oc1=O. The van der Waals surface area contributed by atoms with E-state index in [4.69, 9.17) is 80.2 Å². The van der Waals surface area contributed by atoms with Gasteiger partial charge in [0.05, 0.1) is 63.2 Å². The van der Waals surface area contributed by atoms with Crippen molar-refractivity contribution in [3.63, 3.8) is 0 Å². The lowest BCUT2D eigenvalue weighted by atomic mass is 9.94. The molecule has 0 aliphatic carbocycles. The Morgan fingerprint density at radius 1 is 0.339 bits per heavy atom. The summed E-state index contributed by atoms with van der Waals surface area (Å²) in [5.41, 5.74) is -0.688. The first-order valence-electron chi connectivity index (χ1n) is 37.8. The molecule has 0 saturated carbocycles. The van der Waals surface area contributed by atoms with Crippen molar-refractivity contribution in [1.29, 1.82) is 0 Å². The predicted octanol–water partition coefficient (Wildman–Crippen LogP) is -14.2. The smallest absolute Gasteiger partial charge is 0.349 e. The lowest BCUT2D eigenvalue weighted by molar-refractivity contribution is -0.403. The number of carbonyl (C=O) groups is 1. The van der Waals surface area contributed by atoms with Gasteiger partial charge < -0.3 is 208 Å². The van der Waals surface area contributed by atoms with Gasteiger partial charge in [0.2, 0.25) is 0 Å². The van der Waals surface area contributed by atoms with E-state index in [1.165, 1.54) is 12.1 Å². The molecule has 0 radical (unpaired) electrons. The number of hydrogen-bond acceptors (Lipinski definition) is 46. The summed E-state index contributed by atoms with van der Waals surface area (Å²) in [5, 5.41) is 275. The molecule has 30 aliphatic rings. The van der Waals surface area contributed by atoms with Crippen LogP contribution in [0.25, 0.3) is 11.0 Å². The Balaban J connectivity index is 0.783. The lowest BCUT2D eigenvalue weighted by Gasteiger charge is -2.50. The van der Waals surface area contributed by atoms with Crippen LogP contribution in [0.4, 0.5) is 0 Å². The molecular formula is C71H98N4O43. The second-order valence-corrected chi connectivity index (χ2v) is 29.7. The predicted molar refractivity (Wildman–Crippen MR) is 372 cm³/mol. The number of fused-ring (bicyclic) bond motifs is 1. The number of aromatic nitrogens is 2. The third kappa shape index (κ3) is 18.6. The molecule has 30 fully saturated rings. The van der Waals surface area contributed by atoms with E-state index in [2.05, 4.69) is 15.3 Å². The van der Waals surface area contributed by atoms with Gasteiger partial charge in [-0.05, 0) is 42.5 Å². The number of aliphatic hydroxyl groups excluding tert-OH is 23. The van der Waals surface area contributed by atoms with Crippen LogP contribution in [0, 0.1) is 0 Å². The number of nitrogens with one attached hydrogen (secondary N) is 1. The lowest BCUT2D eigenvalue weighted by Crippen LogP contribution is -2.69. The van der Waals surface area contributed by atoms with Crippen LogP contribution in [-0.2, 0) is 95.4 Å². The normalized spacial score (nSPS) is 44.2. The Labute approximate surface area is 666 Å². The zero-order valence-corrected chi connectivity index (χ0v) is 62.1. The number of pyridine rings is 2. The number of phenolic OH excluding ortho intramolecular Hbond substituents is 1. The van der Waals surface area contributed by atoms with Gasteiger partial charge in [0.15, 0.2) is 50.3 Å². The van der Waals surface area contributed by atoms with Crippen LogP contribution >= 0.6 is 0 Å². The van der Waals surface area contributed by atoms with Crippen molar-refractivity contribution >= 4 is 16.9 Å². The van der Waals surface area contributed by atoms with Crippen LogP contribution in [0.1, 0.15) is 27.3 Å². The number of benzene rings is 1. The number of rotatable bonds is 16. The van der Waals surface area contributed by atoms with Crippen molar-refractivity contribution in [3.05, 3.63) is 99.9 Å². The first kappa shape index (κ1) is 90.1. The van der Waals surface area contributed by atoms with Crippen LogP contribution < -0.4 is 10.9 Å². The van der Waals surface area contributed by atoms with Gasteiger partial charge >= 0.3 is 5.63 Å².